The van der Waals surface area contributed by atoms with E-state index in [4.69, 9.17) is 8.22 Å². The number of nitrogens with zero attached hydrogens (tertiary/aromatic N) is 2. The van der Waals surface area contributed by atoms with Gasteiger partial charge in [-0.15, -0.1) is 0 Å². The number of anilines is 1. The minimum atomic E-state index is -3.09. The Bertz CT molecular complexity index is 898. The van der Waals surface area contributed by atoms with Crippen LogP contribution in [0.5, 0.6) is 0 Å². The van der Waals surface area contributed by atoms with E-state index in [1.165, 1.54) is 4.90 Å². The normalized spacial score (nSPS) is 22.7. The molecule has 3 rings (SSSR count). The molecule has 1 amide bonds. The molecule has 0 bridgehead atoms. The predicted octanol–water partition coefficient (Wildman–Crippen LogP) is 3.63. The van der Waals surface area contributed by atoms with Crippen LogP contribution in [0.3, 0.4) is 0 Å². The number of β-amino-alcohol motifs (C(OH)–C–C–N with tert-alkyl or cyclic N) is 1. The third-order valence-corrected chi connectivity index (χ3v) is 4.76. The molecule has 1 heterocycles. The zero-order valence-corrected chi connectivity index (χ0v) is 14.6. The first-order chi connectivity index (χ1) is 14.9. The zero-order valence-electron chi connectivity index (χ0n) is 20.6. The van der Waals surface area contributed by atoms with E-state index in [0.717, 1.165) is 0 Å². The van der Waals surface area contributed by atoms with Crippen molar-refractivity contribution >= 4 is 11.6 Å². The molecule has 1 saturated heterocycles. The molecule has 0 radical (unpaired) electrons. The van der Waals surface area contributed by atoms with Crippen molar-refractivity contribution in [1.82, 2.24) is 4.90 Å². The Balaban J connectivity index is 1.76. The fourth-order valence-corrected chi connectivity index (χ4v) is 3.41. The van der Waals surface area contributed by atoms with Crippen LogP contribution in [0.25, 0.3) is 0 Å². The first-order valence-electron chi connectivity index (χ1n) is 11.8. The molecule has 1 fully saturated rings. The number of benzene rings is 2. The summed E-state index contributed by atoms with van der Waals surface area (Å²) in [6.07, 6.45) is -3.87. The Morgan fingerprint density at radius 2 is 1.85 bits per heavy atom. The molecule has 4 nitrogen and oxygen atoms in total. The van der Waals surface area contributed by atoms with Crippen molar-refractivity contribution in [2.24, 2.45) is 0 Å². The third-order valence-electron chi connectivity index (χ3n) is 4.76. The van der Waals surface area contributed by atoms with Gasteiger partial charge < -0.3 is 14.9 Å². The van der Waals surface area contributed by atoms with E-state index in [1.807, 2.05) is 11.0 Å². The number of rotatable bonds is 6. The Kier molecular flexibility index (Phi) is 4.23. The van der Waals surface area contributed by atoms with Crippen LogP contribution < -0.4 is 4.90 Å². The lowest BCUT2D eigenvalue weighted by atomic mass is 10.0. The van der Waals surface area contributed by atoms with Crippen molar-refractivity contribution in [3.05, 3.63) is 66.2 Å². The number of hydrogen-bond acceptors (Lipinski definition) is 3. The number of aliphatic hydroxyl groups is 1. The maximum Gasteiger partial charge on any atom is 0.226 e. The zero-order chi connectivity index (χ0) is 23.6. The van der Waals surface area contributed by atoms with Crippen LogP contribution in [-0.2, 0) is 4.79 Å². The van der Waals surface area contributed by atoms with Crippen LogP contribution in [0.15, 0.2) is 60.7 Å². The fraction of sp³-hybridized carbons (Fsp3) is 0.409. The second-order valence-electron chi connectivity index (χ2n) is 6.46. The third kappa shape index (κ3) is 4.51. The van der Waals surface area contributed by atoms with Gasteiger partial charge in [0, 0.05) is 44.6 Å². The number of carbonyl (C=O) groups is 1. The van der Waals surface area contributed by atoms with Gasteiger partial charge in [0.15, 0.2) is 0 Å². The van der Waals surface area contributed by atoms with Gasteiger partial charge in [-0.05, 0) is 30.5 Å². The molecule has 0 aliphatic carbocycles. The number of likely N-dealkylation sites (tertiary alicyclic amines) is 1. The highest BCUT2D eigenvalue weighted by Crippen LogP contribution is 2.25. The highest BCUT2D eigenvalue weighted by atomic mass is 16.3. The summed E-state index contributed by atoms with van der Waals surface area (Å²) in [4.78, 5) is 16.3. The van der Waals surface area contributed by atoms with E-state index >= 15 is 0 Å². The quantitative estimate of drug-likeness (QED) is 0.858. The molecule has 0 saturated carbocycles. The van der Waals surface area contributed by atoms with Gasteiger partial charge in [0.05, 0.1) is 7.45 Å². The predicted molar refractivity (Wildman–Crippen MR) is 105 cm³/mol. The number of para-hydroxylation sites is 1. The summed E-state index contributed by atoms with van der Waals surface area (Å²) in [5.74, 6) is -1.08. The van der Waals surface area contributed by atoms with E-state index in [-0.39, 0.29) is 6.54 Å². The standard InChI is InChI=1S/C22H28N2O2/c1-2-22(26)24(19-11-7-4-8-12-19)20-13-15-23(16-14-20)17-21(25)18-9-5-3-6-10-18/h3-12,20-21,25H,2,13-17H2,1H3/i1D3,2D2,21D. The Morgan fingerprint density at radius 3 is 2.46 bits per heavy atom. The maximum absolute atomic E-state index is 13.1. The van der Waals surface area contributed by atoms with Crippen LogP contribution in [0.2, 0.25) is 0 Å². The highest BCUT2D eigenvalue weighted by molar-refractivity contribution is 5.93. The molecule has 1 aliphatic heterocycles. The van der Waals surface area contributed by atoms with Gasteiger partial charge in [-0.2, -0.15) is 0 Å². The number of hydrogen-bond donors (Lipinski definition) is 1. The minimum Gasteiger partial charge on any atom is -0.387 e. The van der Waals surface area contributed by atoms with Crippen LogP contribution in [0.1, 0.15) is 45.9 Å². The van der Waals surface area contributed by atoms with Gasteiger partial charge in [-0.25, -0.2) is 0 Å². The van der Waals surface area contributed by atoms with Crippen molar-refractivity contribution < 1.29 is 18.1 Å². The molecule has 138 valence electrons. The molecule has 26 heavy (non-hydrogen) atoms. The molecule has 1 aliphatic rings. The van der Waals surface area contributed by atoms with Gasteiger partial charge in [0.2, 0.25) is 5.91 Å². The number of amides is 1. The van der Waals surface area contributed by atoms with Gasteiger partial charge in [-0.3, -0.25) is 4.79 Å². The van der Waals surface area contributed by atoms with Crippen molar-refractivity contribution in [3.63, 3.8) is 0 Å². The Morgan fingerprint density at radius 1 is 1.23 bits per heavy atom. The summed E-state index contributed by atoms with van der Waals surface area (Å²) < 4.78 is 46.8. The summed E-state index contributed by atoms with van der Waals surface area (Å²) in [5, 5.41) is 10.6. The average molecular weight is 359 g/mol. The smallest absolute Gasteiger partial charge is 0.226 e. The summed E-state index contributed by atoms with van der Waals surface area (Å²) in [7, 11) is 0. The second kappa shape index (κ2) is 8.97. The average Bonchev–Trinajstić information content (AvgIpc) is 2.75. The minimum absolute atomic E-state index is 0.0963. The topological polar surface area (TPSA) is 43.8 Å². The highest BCUT2D eigenvalue weighted by Gasteiger charge is 2.29. The van der Waals surface area contributed by atoms with Crippen LogP contribution in [0, 0.1) is 0 Å². The van der Waals surface area contributed by atoms with Crippen LogP contribution in [-0.4, -0.2) is 41.6 Å². The molecule has 2 aromatic rings. The molecular formula is C22H28N2O2. The molecule has 1 unspecified atom stereocenters. The van der Waals surface area contributed by atoms with E-state index in [0.29, 0.717) is 37.2 Å². The second-order valence-corrected chi connectivity index (χ2v) is 6.46. The van der Waals surface area contributed by atoms with E-state index in [1.54, 1.807) is 54.6 Å². The molecule has 0 aromatic heterocycles. The van der Waals surface area contributed by atoms with Gasteiger partial charge >= 0.3 is 0 Å². The first-order valence-corrected chi connectivity index (χ1v) is 8.82. The van der Waals surface area contributed by atoms with Crippen molar-refractivity contribution in [2.75, 3.05) is 24.5 Å². The largest absolute Gasteiger partial charge is 0.387 e. The van der Waals surface area contributed by atoms with Crippen LogP contribution in [0.4, 0.5) is 5.69 Å². The summed E-state index contributed by atoms with van der Waals surface area (Å²) in [5.41, 5.74) is 0.944. The number of piperidine rings is 1. The van der Waals surface area contributed by atoms with E-state index < -0.39 is 31.3 Å². The summed E-state index contributed by atoms with van der Waals surface area (Å²) in [6.45, 7) is -2.04. The molecule has 1 N–H and O–H groups in total. The van der Waals surface area contributed by atoms with Crippen molar-refractivity contribution in [1.29, 1.82) is 0 Å². The molecule has 2 aromatic carbocycles. The Hall–Kier alpha value is -2.17. The molecule has 4 heteroatoms. The molecule has 1 atom stereocenters. The van der Waals surface area contributed by atoms with E-state index in [2.05, 4.69) is 0 Å². The SMILES string of the molecule is [2H]C(O)(CN1CCC(N(C(=O)C([2H])([2H])C([2H])([2H])[2H])c2ccccc2)CC1)c1ccccc1. The van der Waals surface area contributed by atoms with E-state index in [9.17, 15) is 9.90 Å². The van der Waals surface area contributed by atoms with Gasteiger partial charge in [-0.1, -0.05) is 55.4 Å². The summed E-state index contributed by atoms with van der Waals surface area (Å²) >= 11 is 0. The fourth-order valence-electron chi connectivity index (χ4n) is 3.41. The summed E-state index contributed by atoms with van der Waals surface area (Å²) in [6, 6.07) is 16.9. The van der Waals surface area contributed by atoms with Crippen LogP contribution >= 0.6 is 0 Å². The molecule has 0 spiro atoms. The monoisotopic (exact) mass is 358 g/mol. The lowest BCUT2D eigenvalue weighted by Crippen LogP contribution is -2.48. The maximum atomic E-state index is 13.1. The Labute approximate surface area is 164 Å². The van der Waals surface area contributed by atoms with Gasteiger partial charge in [0.1, 0.15) is 0 Å². The lowest BCUT2D eigenvalue weighted by molar-refractivity contribution is -0.119. The van der Waals surface area contributed by atoms with Crippen molar-refractivity contribution in [2.45, 2.75) is 38.2 Å². The lowest BCUT2D eigenvalue weighted by Gasteiger charge is -2.39. The molecular weight excluding hydrogens is 324 g/mol. The van der Waals surface area contributed by atoms with Gasteiger partial charge in [0.25, 0.3) is 0 Å². The first kappa shape index (κ1) is 12.3. The number of carbonyl (C=O) groups excluding carboxylic acids is 1. The van der Waals surface area contributed by atoms with Crippen molar-refractivity contribution in [3.8, 4) is 0 Å².